The van der Waals surface area contributed by atoms with Crippen molar-refractivity contribution >= 4 is 0 Å². The van der Waals surface area contributed by atoms with Gasteiger partial charge in [-0.2, -0.15) is 0 Å². The third-order valence-corrected chi connectivity index (χ3v) is 2.47. The standard InChI is InChI=1S/C11H26N2O/c1-5-12-8-10-13(3)9-6-7-11(2)14-4/h11-12H,5-10H2,1-4H3. The summed E-state index contributed by atoms with van der Waals surface area (Å²) in [6.45, 7) is 8.72. The van der Waals surface area contributed by atoms with Gasteiger partial charge in [0.05, 0.1) is 6.10 Å². The van der Waals surface area contributed by atoms with Gasteiger partial charge in [-0.1, -0.05) is 6.92 Å². The van der Waals surface area contributed by atoms with Crippen LogP contribution in [-0.2, 0) is 4.74 Å². The number of hydrogen-bond acceptors (Lipinski definition) is 3. The number of nitrogens with one attached hydrogen (secondary N) is 1. The predicted molar refractivity (Wildman–Crippen MR) is 61.7 cm³/mol. The molecule has 0 fully saturated rings. The fraction of sp³-hybridized carbons (Fsp3) is 1.00. The fourth-order valence-corrected chi connectivity index (χ4v) is 1.33. The van der Waals surface area contributed by atoms with E-state index in [0.29, 0.717) is 6.10 Å². The molecule has 3 heteroatoms. The summed E-state index contributed by atoms with van der Waals surface area (Å²) in [5, 5.41) is 3.32. The average Bonchev–Trinajstić information content (AvgIpc) is 2.18. The van der Waals surface area contributed by atoms with Crippen molar-refractivity contribution in [3.8, 4) is 0 Å². The SMILES string of the molecule is CCNCCN(C)CCCC(C)OC. The van der Waals surface area contributed by atoms with Crippen LogP contribution in [0, 0.1) is 0 Å². The second-order valence-electron chi connectivity index (χ2n) is 3.85. The van der Waals surface area contributed by atoms with Gasteiger partial charge in [0.15, 0.2) is 0 Å². The zero-order valence-electron chi connectivity index (χ0n) is 10.2. The fourth-order valence-electron chi connectivity index (χ4n) is 1.33. The van der Waals surface area contributed by atoms with E-state index >= 15 is 0 Å². The quantitative estimate of drug-likeness (QED) is 0.571. The zero-order valence-corrected chi connectivity index (χ0v) is 10.2. The lowest BCUT2D eigenvalue weighted by molar-refractivity contribution is 0.106. The number of likely N-dealkylation sites (N-methyl/N-ethyl adjacent to an activating group) is 2. The van der Waals surface area contributed by atoms with E-state index in [2.05, 4.69) is 31.1 Å². The summed E-state index contributed by atoms with van der Waals surface area (Å²) in [6, 6.07) is 0. The summed E-state index contributed by atoms with van der Waals surface area (Å²) < 4.78 is 5.20. The molecule has 0 rings (SSSR count). The van der Waals surface area contributed by atoms with E-state index in [1.54, 1.807) is 7.11 Å². The van der Waals surface area contributed by atoms with Crippen molar-refractivity contribution in [3.63, 3.8) is 0 Å². The molecule has 0 amide bonds. The highest BCUT2D eigenvalue weighted by atomic mass is 16.5. The molecule has 0 aliphatic heterocycles. The van der Waals surface area contributed by atoms with Gasteiger partial charge in [-0.05, 0) is 39.9 Å². The molecular weight excluding hydrogens is 176 g/mol. The van der Waals surface area contributed by atoms with Crippen LogP contribution in [0.1, 0.15) is 26.7 Å². The molecular formula is C11H26N2O. The van der Waals surface area contributed by atoms with E-state index in [9.17, 15) is 0 Å². The molecule has 0 saturated carbocycles. The van der Waals surface area contributed by atoms with Crippen molar-refractivity contribution in [1.82, 2.24) is 10.2 Å². The van der Waals surface area contributed by atoms with Crippen molar-refractivity contribution in [2.75, 3.05) is 40.3 Å². The van der Waals surface area contributed by atoms with Gasteiger partial charge in [-0.3, -0.25) is 0 Å². The maximum atomic E-state index is 5.20. The van der Waals surface area contributed by atoms with Crippen LogP contribution in [0.5, 0.6) is 0 Å². The maximum Gasteiger partial charge on any atom is 0.0543 e. The molecule has 14 heavy (non-hydrogen) atoms. The molecule has 86 valence electrons. The number of methoxy groups -OCH3 is 1. The first-order valence-corrected chi connectivity index (χ1v) is 5.62. The van der Waals surface area contributed by atoms with E-state index in [-0.39, 0.29) is 0 Å². The molecule has 0 aromatic rings. The number of hydrogen-bond donors (Lipinski definition) is 1. The van der Waals surface area contributed by atoms with Crippen LogP contribution in [-0.4, -0.2) is 51.3 Å². The molecule has 0 aromatic carbocycles. The highest BCUT2D eigenvalue weighted by Gasteiger charge is 2.01. The van der Waals surface area contributed by atoms with E-state index in [0.717, 1.165) is 26.1 Å². The zero-order chi connectivity index (χ0) is 10.8. The summed E-state index contributed by atoms with van der Waals surface area (Å²) in [4.78, 5) is 2.37. The number of ether oxygens (including phenoxy) is 1. The van der Waals surface area contributed by atoms with Crippen LogP contribution in [0.25, 0.3) is 0 Å². The summed E-state index contributed by atoms with van der Waals surface area (Å²) in [5.74, 6) is 0. The summed E-state index contributed by atoms with van der Waals surface area (Å²) >= 11 is 0. The number of nitrogens with zero attached hydrogens (tertiary/aromatic N) is 1. The van der Waals surface area contributed by atoms with Crippen LogP contribution in [0.2, 0.25) is 0 Å². The number of rotatable bonds is 9. The van der Waals surface area contributed by atoms with Crippen LogP contribution in [0.15, 0.2) is 0 Å². The summed E-state index contributed by atoms with van der Waals surface area (Å²) in [6.07, 6.45) is 2.77. The normalized spacial score (nSPS) is 13.5. The maximum absolute atomic E-state index is 5.20. The first-order valence-electron chi connectivity index (χ1n) is 5.62. The van der Waals surface area contributed by atoms with Crippen LogP contribution >= 0.6 is 0 Å². The first-order chi connectivity index (χ1) is 6.70. The van der Waals surface area contributed by atoms with Crippen molar-refractivity contribution < 1.29 is 4.74 Å². The Labute approximate surface area is 88.8 Å². The van der Waals surface area contributed by atoms with Crippen LogP contribution in [0.4, 0.5) is 0 Å². The van der Waals surface area contributed by atoms with Gasteiger partial charge in [-0.15, -0.1) is 0 Å². The highest BCUT2D eigenvalue weighted by molar-refractivity contribution is 4.56. The van der Waals surface area contributed by atoms with Crippen molar-refractivity contribution in [1.29, 1.82) is 0 Å². The molecule has 0 saturated heterocycles. The second kappa shape index (κ2) is 9.44. The van der Waals surface area contributed by atoms with E-state index in [1.807, 2.05) is 0 Å². The molecule has 0 aromatic heterocycles. The first kappa shape index (κ1) is 13.9. The molecule has 1 unspecified atom stereocenters. The molecule has 3 nitrogen and oxygen atoms in total. The van der Waals surface area contributed by atoms with Crippen LogP contribution in [0.3, 0.4) is 0 Å². The minimum absolute atomic E-state index is 0.400. The van der Waals surface area contributed by atoms with Gasteiger partial charge < -0.3 is 15.0 Å². The molecule has 0 spiro atoms. The third-order valence-electron chi connectivity index (χ3n) is 2.47. The predicted octanol–water partition coefficient (Wildman–Crippen LogP) is 1.34. The van der Waals surface area contributed by atoms with Gasteiger partial charge in [0.1, 0.15) is 0 Å². The van der Waals surface area contributed by atoms with E-state index in [1.165, 1.54) is 13.0 Å². The van der Waals surface area contributed by atoms with Crippen molar-refractivity contribution in [2.45, 2.75) is 32.8 Å². The van der Waals surface area contributed by atoms with Gasteiger partial charge in [0.2, 0.25) is 0 Å². The summed E-state index contributed by atoms with van der Waals surface area (Å²) in [5.41, 5.74) is 0. The minimum Gasteiger partial charge on any atom is -0.382 e. The highest BCUT2D eigenvalue weighted by Crippen LogP contribution is 2.00. The molecule has 0 bridgehead atoms. The third kappa shape index (κ3) is 8.48. The molecule has 0 heterocycles. The Bertz CT molecular complexity index is 120. The van der Waals surface area contributed by atoms with E-state index < -0.39 is 0 Å². The molecule has 0 aliphatic rings. The Kier molecular flexibility index (Phi) is 9.35. The lowest BCUT2D eigenvalue weighted by atomic mass is 10.2. The minimum atomic E-state index is 0.400. The Balaban J connectivity index is 3.21. The van der Waals surface area contributed by atoms with Gasteiger partial charge >= 0.3 is 0 Å². The largest absolute Gasteiger partial charge is 0.382 e. The second-order valence-corrected chi connectivity index (χ2v) is 3.85. The monoisotopic (exact) mass is 202 g/mol. The lowest BCUT2D eigenvalue weighted by Crippen LogP contribution is -2.30. The Hall–Kier alpha value is -0.120. The summed E-state index contributed by atoms with van der Waals surface area (Å²) in [7, 11) is 3.95. The lowest BCUT2D eigenvalue weighted by Gasteiger charge is -2.17. The van der Waals surface area contributed by atoms with Gasteiger partial charge in [-0.25, -0.2) is 0 Å². The average molecular weight is 202 g/mol. The van der Waals surface area contributed by atoms with Gasteiger partial charge in [0.25, 0.3) is 0 Å². The Morgan fingerprint density at radius 2 is 2.07 bits per heavy atom. The molecule has 1 N–H and O–H groups in total. The van der Waals surface area contributed by atoms with Gasteiger partial charge in [0, 0.05) is 20.2 Å². The smallest absolute Gasteiger partial charge is 0.0543 e. The molecule has 1 atom stereocenters. The van der Waals surface area contributed by atoms with Crippen LogP contribution < -0.4 is 5.32 Å². The van der Waals surface area contributed by atoms with E-state index in [4.69, 9.17) is 4.74 Å². The van der Waals surface area contributed by atoms with Crippen molar-refractivity contribution in [3.05, 3.63) is 0 Å². The Morgan fingerprint density at radius 1 is 1.36 bits per heavy atom. The Morgan fingerprint density at radius 3 is 2.64 bits per heavy atom. The molecule has 0 aliphatic carbocycles. The van der Waals surface area contributed by atoms with Crippen molar-refractivity contribution in [2.24, 2.45) is 0 Å². The molecule has 0 radical (unpaired) electrons. The topological polar surface area (TPSA) is 24.5 Å².